The molecule has 0 spiro atoms. The maximum atomic E-state index is 12.8. The molecule has 0 saturated carbocycles. The number of cyclic esters (lactones) is 1. The van der Waals surface area contributed by atoms with Crippen LogP contribution in [0.15, 0.2) is 48.5 Å². The van der Waals surface area contributed by atoms with Gasteiger partial charge in [-0.25, -0.2) is 0 Å². The van der Waals surface area contributed by atoms with E-state index in [4.69, 9.17) is 14.2 Å². The number of esters is 1. The SMILES string of the molecule is COc1ccc(C[C@]2(C)N[C@H](CO)[C@@H](c3ccccc3)OC2=O)cc1OC.Cl. The van der Waals surface area contributed by atoms with Crippen molar-refractivity contribution in [2.75, 3.05) is 20.8 Å². The molecule has 2 aromatic carbocycles. The number of morpholine rings is 1. The number of benzene rings is 2. The van der Waals surface area contributed by atoms with Crippen molar-refractivity contribution in [2.24, 2.45) is 0 Å². The summed E-state index contributed by atoms with van der Waals surface area (Å²) >= 11 is 0. The zero-order valence-electron chi connectivity index (χ0n) is 16.2. The molecule has 0 amide bonds. The highest BCUT2D eigenvalue weighted by Gasteiger charge is 2.45. The number of aliphatic hydroxyl groups excluding tert-OH is 1. The highest BCUT2D eigenvalue weighted by molar-refractivity contribution is 5.85. The van der Waals surface area contributed by atoms with Crippen LogP contribution >= 0.6 is 12.4 Å². The zero-order chi connectivity index (χ0) is 19.4. The molecule has 1 aliphatic heterocycles. The number of ether oxygens (including phenoxy) is 3. The predicted octanol–water partition coefficient (Wildman–Crippen LogP) is 2.68. The average molecular weight is 408 g/mol. The summed E-state index contributed by atoms with van der Waals surface area (Å²) in [4.78, 5) is 12.8. The Kier molecular flexibility index (Phi) is 7.29. The van der Waals surface area contributed by atoms with Crippen LogP contribution in [0.2, 0.25) is 0 Å². The second-order valence-corrected chi connectivity index (χ2v) is 6.87. The molecular formula is C21H26ClNO5. The molecule has 3 rings (SSSR count). The van der Waals surface area contributed by atoms with Crippen molar-refractivity contribution in [3.63, 3.8) is 0 Å². The number of methoxy groups -OCH3 is 2. The maximum absolute atomic E-state index is 12.8. The van der Waals surface area contributed by atoms with E-state index in [-0.39, 0.29) is 25.0 Å². The van der Waals surface area contributed by atoms with Crippen molar-refractivity contribution in [1.82, 2.24) is 5.32 Å². The summed E-state index contributed by atoms with van der Waals surface area (Å²) in [7, 11) is 3.15. The van der Waals surface area contributed by atoms with Gasteiger partial charge < -0.3 is 19.3 Å². The van der Waals surface area contributed by atoms with Crippen LogP contribution < -0.4 is 14.8 Å². The Balaban J connectivity index is 0.00000280. The van der Waals surface area contributed by atoms with Crippen molar-refractivity contribution in [1.29, 1.82) is 0 Å². The van der Waals surface area contributed by atoms with Gasteiger partial charge in [-0.3, -0.25) is 10.1 Å². The Morgan fingerprint density at radius 3 is 2.39 bits per heavy atom. The van der Waals surface area contributed by atoms with Crippen LogP contribution in [-0.4, -0.2) is 43.5 Å². The third-order valence-corrected chi connectivity index (χ3v) is 4.88. The van der Waals surface area contributed by atoms with Gasteiger partial charge in [0.2, 0.25) is 0 Å². The number of nitrogens with one attached hydrogen (secondary N) is 1. The molecule has 152 valence electrons. The highest BCUT2D eigenvalue weighted by atomic mass is 35.5. The number of carbonyl (C=O) groups is 1. The van der Waals surface area contributed by atoms with Gasteiger partial charge in [0.1, 0.15) is 11.6 Å². The molecule has 0 aliphatic carbocycles. The van der Waals surface area contributed by atoms with Crippen molar-refractivity contribution in [3.05, 3.63) is 59.7 Å². The molecular weight excluding hydrogens is 382 g/mol. The first-order valence-corrected chi connectivity index (χ1v) is 8.86. The summed E-state index contributed by atoms with van der Waals surface area (Å²) in [6, 6.07) is 14.6. The van der Waals surface area contributed by atoms with Gasteiger partial charge in [0.25, 0.3) is 0 Å². The molecule has 0 bridgehead atoms. The summed E-state index contributed by atoms with van der Waals surface area (Å²) < 4.78 is 16.3. The Morgan fingerprint density at radius 1 is 1.11 bits per heavy atom. The van der Waals surface area contributed by atoms with Gasteiger partial charge in [0.15, 0.2) is 11.5 Å². The van der Waals surface area contributed by atoms with Gasteiger partial charge >= 0.3 is 5.97 Å². The number of hydrogen-bond acceptors (Lipinski definition) is 6. The fraction of sp³-hybridized carbons (Fsp3) is 0.381. The lowest BCUT2D eigenvalue weighted by atomic mass is 9.87. The van der Waals surface area contributed by atoms with Crippen molar-refractivity contribution in [3.8, 4) is 11.5 Å². The molecule has 2 aromatic rings. The summed E-state index contributed by atoms with van der Waals surface area (Å²) in [6.45, 7) is 1.64. The van der Waals surface area contributed by atoms with Gasteiger partial charge in [-0.2, -0.15) is 0 Å². The molecule has 28 heavy (non-hydrogen) atoms. The first-order chi connectivity index (χ1) is 13.0. The average Bonchev–Trinajstić information content (AvgIpc) is 2.70. The van der Waals surface area contributed by atoms with Crippen molar-refractivity contribution >= 4 is 18.4 Å². The fourth-order valence-electron chi connectivity index (χ4n) is 3.48. The molecule has 1 aliphatic rings. The quantitative estimate of drug-likeness (QED) is 0.717. The standard InChI is InChI=1S/C21H25NO5.ClH/c1-21(12-14-9-10-17(25-2)18(11-14)26-3)20(24)27-19(16(13-23)22-21)15-7-5-4-6-8-15;/h4-11,16,19,22-23H,12-13H2,1-3H3;1H/t16-,19-,21+;/m1./s1. The second kappa shape index (κ2) is 9.28. The van der Waals surface area contributed by atoms with E-state index in [1.54, 1.807) is 21.1 Å². The van der Waals surface area contributed by atoms with E-state index >= 15 is 0 Å². The summed E-state index contributed by atoms with van der Waals surface area (Å²) in [5.41, 5.74) is 0.790. The molecule has 6 nitrogen and oxygen atoms in total. The number of hydrogen-bond donors (Lipinski definition) is 2. The molecule has 0 unspecified atom stereocenters. The molecule has 0 radical (unpaired) electrons. The number of carbonyl (C=O) groups excluding carboxylic acids is 1. The van der Waals surface area contributed by atoms with Crippen molar-refractivity contribution < 1.29 is 24.1 Å². The van der Waals surface area contributed by atoms with Crippen LogP contribution in [-0.2, 0) is 16.0 Å². The Morgan fingerprint density at radius 2 is 1.79 bits per heavy atom. The molecule has 7 heteroatoms. The first kappa shape index (κ1) is 22.0. The minimum Gasteiger partial charge on any atom is -0.493 e. The van der Waals surface area contributed by atoms with E-state index in [9.17, 15) is 9.90 Å². The van der Waals surface area contributed by atoms with Crippen molar-refractivity contribution in [2.45, 2.75) is 31.0 Å². The zero-order valence-corrected chi connectivity index (χ0v) is 17.0. The molecule has 1 fully saturated rings. The molecule has 0 aromatic heterocycles. The lowest BCUT2D eigenvalue weighted by molar-refractivity contribution is -0.169. The third kappa shape index (κ3) is 4.41. The summed E-state index contributed by atoms with van der Waals surface area (Å²) in [5, 5.41) is 13.2. The minimum atomic E-state index is -0.960. The van der Waals surface area contributed by atoms with Gasteiger partial charge in [0.05, 0.1) is 26.9 Å². The second-order valence-electron chi connectivity index (χ2n) is 6.87. The van der Waals surface area contributed by atoms with E-state index < -0.39 is 17.7 Å². The van der Waals surface area contributed by atoms with Gasteiger partial charge in [-0.05, 0) is 30.2 Å². The number of halogens is 1. The molecule has 1 heterocycles. The lowest BCUT2D eigenvalue weighted by Gasteiger charge is -2.42. The normalized spacial score (nSPS) is 24.1. The molecule has 2 N–H and O–H groups in total. The summed E-state index contributed by atoms with van der Waals surface area (Å²) in [6.07, 6.45) is -0.133. The number of aliphatic hydroxyl groups is 1. The van der Waals surface area contributed by atoms with E-state index in [0.717, 1.165) is 11.1 Å². The number of rotatable bonds is 6. The van der Waals surface area contributed by atoms with Crippen LogP contribution in [0.5, 0.6) is 11.5 Å². The fourth-order valence-corrected chi connectivity index (χ4v) is 3.48. The molecule has 1 saturated heterocycles. The minimum absolute atomic E-state index is 0. The van der Waals surface area contributed by atoms with Crippen LogP contribution in [0.4, 0.5) is 0 Å². The Hall–Kier alpha value is -2.28. The van der Waals surface area contributed by atoms with E-state index in [2.05, 4.69) is 5.32 Å². The van der Waals surface area contributed by atoms with Crippen LogP contribution in [0, 0.1) is 0 Å². The lowest BCUT2D eigenvalue weighted by Crippen LogP contribution is -2.63. The smallest absolute Gasteiger partial charge is 0.327 e. The monoisotopic (exact) mass is 407 g/mol. The van der Waals surface area contributed by atoms with Crippen LogP contribution in [0.25, 0.3) is 0 Å². The third-order valence-electron chi connectivity index (χ3n) is 4.88. The van der Waals surface area contributed by atoms with Gasteiger partial charge in [-0.15, -0.1) is 12.4 Å². The predicted molar refractivity (Wildman–Crippen MR) is 108 cm³/mol. The van der Waals surface area contributed by atoms with Gasteiger partial charge in [0, 0.05) is 6.42 Å². The highest BCUT2D eigenvalue weighted by Crippen LogP contribution is 2.33. The molecule has 3 atom stereocenters. The Bertz CT molecular complexity index is 801. The van der Waals surface area contributed by atoms with Crippen LogP contribution in [0.1, 0.15) is 24.2 Å². The Labute approximate surface area is 171 Å². The van der Waals surface area contributed by atoms with Gasteiger partial charge in [-0.1, -0.05) is 36.4 Å². The topological polar surface area (TPSA) is 77.0 Å². The first-order valence-electron chi connectivity index (χ1n) is 8.86. The summed E-state index contributed by atoms with van der Waals surface area (Å²) in [5.74, 6) is 0.877. The van der Waals surface area contributed by atoms with E-state index in [1.165, 1.54) is 0 Å². The maximum Gasteiger partial charge on any atom is 0.327 e. The van der Waals surface area contributed by atoms with Crippen LogP contribution in [0.3, 0.4) is 0 Å². The largest absolute Gasteiger partial charge is 0.493 e. The van der Waals surface area contributed by atoms with E-state index in [1.807, 2.05) is 48.5 Å². The van der Waals surface area contributed by atoms with E-state index in [0.29, 0.717) is 17.9 Å².